The summed E-state index contributed by atoms with van der Waals surface area (Å²) in [5.41, 5.74) is 6.19. The van der Waals surface area contributed by atoms with Crippen LogP contribution in [-0.2, 0) is 16.5 Å². The van der Waals surface area contributed by atoms with Crippen LogP contribution in [0, 0.1) is 0 Å². The summed E-state index contributed by atoms with van der Waals surface area (Å²) in [7, 11) is 1.83. The lowest BCUT2D eigenvalue weighted by Crippen LogP contribution is -2.47. The van der Waals surface area contributed by atoms with E-state index in [1.165, 1.54) is 0 Å². The lowest BCUT2D eigenvalue weighted by molar-refractivity contribution is -0.176. The Labute approximate surface area is 109 Å². The lowest BCUT2D eigenvalue weighted by atomic mass is 9.90. The van der Waals surface area contributed by atoms with Crippen LogP contribution in [-0.4, -0.2) is 50.5 Å². The zero-order valence-electron chi connectivity index (χ0n) is 10.3. The maximum absolute atomic E-state index is 6.19. The van der Waals surface area contributed by atoms with E-state index in [1.807, 2.05) is 7.05 Å². The van der Waals surface area contributed by atoms with Crippen molar-refractivity contribution >= 4 is 11.8 Å². The molecule has 3 rings (SSSR count). The van der Waals surface area contributed by atoms with Gasteiger partial charge in [0.1, 0.15) is 0 Å². The molecule has 1 aliphatic carbocycles. The zero-order chi connectivity index (χ0) is 12.6. The van der Waals surface area contributed by atoms with Gasteiger partial charge < -0.3 is 15.2 Å². The van der Waals surface area contributed by atoms with E-state index in [0.29, 0.717) is 13.2 Å². The Morgan fingerprint density at radius 3 is 2.89 bits per heavy atom. The number of tetrazole rings is 1. The molecular weight excluding hydrogens is 254 g/mol. The summed E-state index contributed by atoms with van der Waals surface area (Å²) in [6.45, 7) is 1.36. The number of aromatic nitrogens is 4. The summed E-state index contributed by atoms with van der Waals surface area (Å²) < 4.78 is 13.2. The summed E-state index contributed by atoms with van der Waals surface area (Å²) in [5, 5.41) is 12.5. The Bertz CT molecular complexity index is 420. The molecule has 1 aromatic rings. The van der Waals surface area contributed by atoms with Crippen LogP contribution in [0.4, 0.5) is 0 Å². The van der Waals surface area contributed by atoms with Crippen LogP contribution >= 0.6 is 11.8 Å². The van der Waals surface area contributed by atoms with Crippen LogP contribution in [0.3, 0.4) is 0 Å². The molecule has 1 spiro atoms. The van der Waals surface area contributed by atoms with Gasteiger partial charge in [-0.2, -0.15) is 0 Å². The highest BCUT2D eigenvalue weighted by molar-refractivity contribution is 7.99. The standard InChI is InChI=1S/C10H17N5O2S/c1-15-9(12-13-14-15)18-8-6-10(3-2-7(8)11)16-4-5-17-10/h7-8H,2-6,11H2,1H3. The number of rotatable bonds is 2. The molecule has 2 atom stereocenters. The molecule has 18 heavy (non-hydrogen) atoms. The predicted molar refractivity (Wildman–Crippen MR) is 64.9 cm³/mol. The number of nitrogens with zero attached hydrogens (tertiary/aromatic N) is 4. The molecule has 1 aliphatic heterocycles. The van der Waals surface area contributed by atoms with Gasteiger partial charge in [0.05, 0.1) is 13.2 Å². The molecule has 7 nitrogen and oxygen atoms in total. The normalized spacial score (nSPS) is 31.0. The number of thioether (sulfide) groups is 1. The first-order chi connectivity index (χ1) is 8.69. The summed E-state index contributed by atoms with van der Waals surface area (Å²) >= 11 is 1.61. The van der Waals surface area contributed by atoms with E-state index < -0.39 is 5.79 Å². The number of nitrogens with two attached hydrogens (primary N) is 1. The highest BCUT2D eigenvalue weighted by atomic mass is 32.2. The first-order valence-corrected chi connectivity index (χ1v) is 6.99. The molecule has 1 saturated heterocycles. The molecule has 0 radical (unpaired) electrons. The summed E-state index contributed by atoms with van der Waals surface area (Å²) in [4.78, 5) is 0. The average molecular weight is 271 g/mol. The first kappa shape index (κ1) is 12.3. The van der Waals surface area contributed by atoms with Crippen LogP contribution in [0.25, 0.3) is 0 Å². The molecule has 0 bridgehead atoms. The molecular formula is C10H17N5O2S. The van der Waals surface area contributed by atoms with Crippen molar-refractivity contribution in [3.05, 3.63) is 0 Å². The highest BCUT2D eigenvalue weighted by Crippen LogP contribution is 2.41. The van der Waals surface area contributed by atoms with Gasteiger partial charge in [0.2, 0.25) is 5.16 Å². The second-order valence-electron chi connectivity index (χ2n) is 4.76. The van der Waals surface area contributed by atoms with E-state index in [4.69, 9.17) is 15.2 Å². The van der Waals surface area contributed by atoms with E-state index in [2.05, 4.69) is 15.5 Å². The summed E-state index contributed by atoms with van der Waals surface area (Å²) in [6, 6.07) is 0.130. The minimum atomic E-state index is -0.417. The molecule has 1 aromatic heterocycles. The zero-order valence-corrected chi connectivity index (χ0v) is 11.1. The molecule has 2 N–H and O–H groups in total. The van der Waals surface area contributed by atoms with E-state index in [9.17, 15) is 0 Å². The Morgan fingerprint density at radius 1 is 1.44 bits per heavy atom. The van der Waals surface area contributed by atoms with Gasteiger partial charge in [0, 0.05) is 31.2 Å². The molecule has 0 amide bonds. The minimum absolute atomic E-state index is 0.130. The van der Waals surface area contributed by atoms with Crippen LogP contribution in [0.1, 0.15) is 19.3 Å². The Hall–Kier alpha value is -0.700. The van der Waals surface area contributed by atoms with E-state index >= 15 is 0 Å². The fraction of sp³-hybridized carbons (Fsp3) is 0.900. The third-order valence-corrected chi connectivity index (χ3v) is 4.88. The maximum Gasteiger partial charge on any atom is 0.209 e. The summed E-state index contributed by atoms with van der Waals surface area (Å²) in [6.07, 6.45) is 2.58. The molecule has 0 aromatic carbocycles. The van der Waals surface area contributed by atoms with Crippen LogP contribution in [0.15, 0.2) is 5.16 Å². The topological polar surface area (TPSA) is 88.1 Å². The van der Waals surface area contributed by atoms with Gasteiger partial charge in [-0.3, -0.25) is 0 Å². The van der Waals surface area contributed by atoms with Crippen molar-refractivity contribution in [2.75, 3.05) is 13.2 Å². The molecule has 8 heteroatoms. The SMILES string of the molecule is Cn1nnnc1SC1CC2(CCC1N)OCCO2. The number of hydrogen-bond donors (Lipinski definition) is 1. The quantitative estimate of drug-likeness (QED) is 0.805. The lowest BCUT2D eigenvalue weighted by Gasteiger charge is -2.38. The van der Waals surface area contributed by atoms with Gasteiger partial charge in [-0.05, 0) is 16.8 Å². The van der Waals surface area contributed by atoms with E-state index in [0.717, 1.165) is 24.4 Å². The molecule has 2 heterocycles. The van der Waals surface area contributed by atoms with Crippen molar-refractivity contribution in [2.24, 2.45) is 12.8 Å². The fourth-order valence-electron chi connectivity index (χ4n) is 2.48. The third-order valence-electron chi connectivity index (χ3n) is 3.50. The second-order valence-corrected chi connectivity index (χ2v) is 5.96. The fourth-order valence-corrected chi connectivity index (χ4v) is 3.67. The first-order valence-electron chi connectivity index (χ1n) is 6.11. The van der Waals surface area contributed by atoms with Gasteiger partial charge in [-0.15, -0.1) is 5.10 Å². The van der Waals surface area contributed by atoms with Gasteiger partial charge >= 0.3 is 0 Å². The van der Waals surface area contributed by atoms with Gasteiger partial charge in [-0.25, -0.2) is 4.68 Å². The van der Waals surface area contributed by atoms with Crippen LogP contribution in [0.2, 0.25) is 0 Å². The summed E-state index contributed by atoms with van der Waals surface area (Å²) in [5.74, 6) is -0.417. The maximum atomic E-state index is 6.19. The smallest absolute Gasteiger partial charge is 0.209 e. The Morgan fingerprint density at radius 2 is 2.22 bits per heavy atom. The molecule has 2 aliphatic rings. The van der Waals surface area contributed by atoms with Crippen LogP contribution < -0.4 is 5.73 Å². The molecule has 100 valence electrons. The third kappa shape index (κ3) is 2.25. The molecule has 2 fully saturated rings. The predicted octanol–water partition coefficient (Wildman–Crippen LogP) is -0.0749. The largest absolute Gasteiger partial charge is 0.347 e. The van der Waals surface area contributed by atoms with E-state index in [1.54, 1.807) is 16.4 Å². The van der Waals surface area contributed by atoms with Crippen molar-refractivity contribution in [1.29, 1.82) is 0 Å². The van der Waals surface area contributed by atoms with E-state index in [-0.39, 0.29) is 11.3 Å². The van der Waals surface area contributed by atoms with Crippen molar-refractivity contribution in [1.82, 2.24) is 20.2 Å². The van der Waals surface area contributed by atoms with Crippen molar-refractivity contribution < 1.29 is 9.47 Å². The Balaban J connectivity index is 1.72. The van der Waals surface area contributed by atoms with Gasteiger partial charge in [0.25, 0.3) is 0 Å². The average Bonchev–Trinajstić information content (AvgIpc) is 2.96. The number of hydrogen-bond acceptors (Lipinski definition) is 7. The highest BCUT2D eigenvalue weighted by Gasteiger charge is 2.44. The van der Waals surface area contributed by atoms with Crippen molar-refractivity contribution in [3.63, 3.8) is 0 Å². The van der Waals surface area contributed by atoms with Crippen LogP contribution in [0.5, 0.6) is 0 Å². The molecule has 2 unspecified atom stereocenters. The monoisotopic (exact) mass is 271 g/mol. The second kappa shape index (κ2) is 4.76. The van der Waals surface area contributed by atoms with Gasteiger partial charge in [-0.1, -0.05) is 11.8 Å². The van der Waals surface area contributed by atoms with Gasteiger partial charge in [0.15, 0.2) is 5.79 Å². The Kier molecular flexibility index (Phi) is 3.27. The minimum Gasteiger partial charge on any atom is -0.347 e. The number of aryl methyl sites for hydroxylation is 1. The van der Waals surface area contributed by atoms with Crippen molar-refractivity contribution in [3.8, 4) is 0 Å². The molecule has 1 saturated carbocycles. The number of ether oxygens (including phenoxy) is 2. The van der Waals surface area contributed by atoms with Crippen molar-refractivity contribution in [2.45, 2.75) is 41.5 Å².